The van der Waals surface area contributed by atoms with E-state index in [9.17, 15) is 9.59 Å². The minimum atomic E-state index is -0.374. The first-order chi connectivity index (χ1) is 17.0. The zero-order valence-corrected chi connectivity index (χ0v) is 21.0. The summed E-state index contributed by atoms with van der Waals surface area (Å²) in [4.78, 5) is 33.9. The maximum atomic E-state index is 13.8. The van der Waals surface area contributed by atoms with E-state index in [-0.39, 0.29) is 35.7 Å². The van der Waals surface area contributed by atoms with Gasteiger partial charge in [0.05, 0.1) is 5.52 Å². The van der Waals surface area contributed by atoms with Crippen molar-refractivity contribution in [3.05, 3.63) is 36.5 Å². The number of amides is 2. The SMILES string of the molecule is CC(N)C1CCC(C(=O)N2CC[C@H](C3CCCCC3)[C@H]2C(=O)Nc2ccc3ncccc3c2)CC1. The molecule has 1 saturated heterocycles. The maximum absolute atomic E-state index is 13.8. The highest BCUT2D eigenvalue weighted by Crippen LogP contribution is 2.41. The third-order valence-electron chi connectivity index (χ3n) is 8.99. The molecule has 5 rings (SSSR count). The van der Waals surface area contributed by atoms with E-state index in [4.69, 9.17) is 5.73 Å². The molecule has 6 nitrogen and oxygen atoms in total. The molecule has 0 radical (unpaired) electrons. The molecule has 3 aliphatic rings. The maximum Gasteiger partial charge on any atom is 0.247 e. The Balaban J connectivity index is 1.35. The fourth-order valence-corrected chi connectivity index (χ4v) is 6.95. The summed E-state index contributed by atoms with van der Waals surface area (Å²) >= 11 is 0. The Morgan fingerprint density at radius 2 is 1.80 bits per heavy atom. The Morgan fingerprint density at radius 3 is 2.54 bits per heavy atom. The molecule has 0 spiro atoms. The van der Waals surface area contributed by atoms with Crippen LogP contribution in [0.15, 0.2) is 36.5 Å². The van der Waals surface area contributed by atoms with Crippen LogP contribution in [0.2, 0.25) is 0 Å². The number of pyridine rings is 1. The van der Waals surface area contributed by atoms with E-state index < -0.39 is 0 Å². The lowest BCUT2D eigenvalue weighted by atomic mass is 9.76. The summed E-state index contributed by atoms with van der Waals surface area (Å²) in [6, 6.07) is 9.56. The van der Waals surface area contributed by atoms with Crippen LogP contribution in [0, 0.1) is 23.7 Å². The van der Waals surface area contributed by atoms with Crippen molar-refractivity contribution in [2.75, 3.05) is 11.9 Å². The Morgan fingerprint density at radius 1 is 1.03 bits per heavy atom. The molecule has 2 heterocycles. The number of nitrogens with two attached hydrogens (primary N) is 1. The van der Waals surface area contributed by atoms with Gasteiger partial charge >= 0.3 is 0 Å². The topological polar surface area (TPSA) is 88.3 Å². The average molecular weight is 477 g/mol. The third kappa shape index (κ3) is 5.23. The zero-order valence-electron chi connectivity index (χ0n) is 21.0. The molecule has 2 amide bonds. The van der Waals surface area contributed by atoms with Crippen molar-refractivity contribution in [1.82, 2.24) is 9.88 Å². The Bertz CT molecular complexity index is 1040. The Labute approximate surface area is 209 Å². The number of fused-ring (bicyclic) bond motifs is 1. The molecule has 35 heavy (non-hydrogen) atoms. The predicted octanol–water partition coefficient (Wildman–Crippen LogP) is 5.12. The standard InChI is InChI=1S/C29H40N4O2/c1-19(30)20-9-11-22(12-10-20)29(35)33-17-15-25(21-6-3-2-4-7-21)27(33)28(34)32-24-13-14-26-23(18-24)8-5-16-31-26/h5,8,13-14,16,18-22,25,27H,2-4,6-7,9-12,15,17,30H2,1H3,(H,32,34)/t19?,20?,22?,25-,27+/m1/s1. The van der Waals surface area contributed by atoms with Crippen molar-refractivity contribution in [2.24, 2.45) is 29.4 Å². The summed E-state index contributed by atoms with van der Waals surface area (Å²) < 4.78 is 0. The minimum absolute atomic E-state index is 0.0251. The van der Waals surface area contributed by atoms with Gasteiger partial charge < -0.3 is 16.0 Å². The first-order valence-corrected chi connectivity index (χ1v) is 13.7. The number of likely N-dealkylation sites (tertiary alicyclic amines) is 1. The molecule has 3 fully saturated rings. The average Bonchev–Trinajstić information content (AvgIpc) is 3.34. The van der Waals surface area contributed by atoms with Crippen LogP contribution in [0.25, 0.3) is 10.9 Å². The van der Waals surface area contributed by atoms with Gasteiger partial charge in [-0.05, 0) is 81.0 Å². The number of hydrogen-bond donors (Lipinski definition) is 2. The molecule has 2 aliphatic carbocycles. The van der Waals surface area contributed by atoms with E-state index in [1.165, 1.54) is 32.1 Å². The molecular formula is C29H40N4O2. The smallest absolute Gasteiger partial charge is 0.247 e. The largest absolute Gasteiger partial charge is 0.330 e. The highest BCUT2D eigenvalue weighted by molar-refractivity contribution is 5.99. The van der Waals surface area contributed by atoms with Crippen LogP contribution in [0.5, 0.6) is 0 Å². The summed E-state index contributed by atoms with van der Waals surface area (Å²) in [6.45, 7) is 2.78. The normalized spacial score (nSPS) is 28.7. The van der Waals surface area contributed by atoms with Crippen LogP contribution in [-0.4, -0.2) is 40.3 Å². The lowest BCUT2D eigenvalue weighted by Gasteiger charge is -2.36. The van der Waals surface area contributed by atoms with Crippen molar-refractivity contribution in [1.29, 1.82) is 0 Å². The predicted molar refractivity (Wildman–Crippen MR) is 140 cm³/mol. The second-order valence-electron chi connectivity index (χ2n) is 11.2. The van der Waals surface area contributed by atoms with Gasteiger partial charge in [0.15, 0.2) is 0 Å². The van der Waals surface area contributed by atoms with Crippen LogP contribution in [0.4, 0.5) is 5.69 Å². The molecule has 1 aliphatic heterocycles. The molecule has 2 saturated carbocycles. The minimum Gasteiger partial charge on any atom is -0.330 e. The molecule has 3 N–H and O–H groups in total. The fourth-order valence-electron chi connectivity index (χ4n) is 6.95. The van der Waals surface area contributed by atoms with Gasteiger partial charge in [-0.1, -0.05) is 38.2 Å². The van der Waals surface area contributed by atoms with Crippen LogP contribution >= 0.6 is 0 Å². The van der Waals surface area contributed by atoms with Crippen molar-refractivity contribution in [3.63, 3.8) is 0 Å². The molecule has 2 aromatic rings. The number of nitrogens with one attached hydrogen (secondary N) is 1. The molecule has 3 atom stereocenters. The summed E-state index contributed by atoms with van der Waals surface area (Å²) in [7, 11) is 0. The van der Waals surface area contributed by atoms with Gasteiger partial charge in [-0.2, -0.15) is 0 Å². The first-order valence-electron chi connectivity index (χ1n) is 13.7. The summed E-state index contributed by atoms with van der Waals surface area (Å²) in [5, 5.41) is 4.18. The van der Waals surface area contributed by atoms with Crippen LogP contribution in [0.1, 0.15) is 71.1 Å². The third-order valence-corrected chi connectivity index (χ3v) is 8.99. The number of benzene rings is 1. The van der Waals surface area contributed by atoms with E-state index in [0.717, 1.165) is 48.7 Å². The van der Waals surface area contributed by atoms with Gasteiger partial charge in [-0.3, -0.25) is 14.6 Å². The summed E-state index contributed by atoms with van der Waals surface area (Å²) in [5.74, 6) is 1.48. The second kappa shape index (κ2) is 10.7. The van der Waals surface area contributed by atoms with Crippen molar-refractivity contribution in [3.8, 4) is 0 Å². The number of nitrogens with zero attached hydrogens (tertiary/aromatic N) is 2. The highest BCUT2D eigenvalue weighted by Gasteiger charge is 2.46. The van der Waals surface area contributed by atoms with Gasteiger partial charge in [0, 0.05) is 35.8 Å². The molecule has 1 aromatic carbocycles. The molecule has 188 valence electrons. The molecule has 6 heteroatoms. The zero-order chi connectivity index (χ0) is 24.4. The van der Waals surface area contributed by atoms with E-state index in [1.54, 1.807) is 6.20 Å². The van der Waals surface area contributed by atoms with Gasteiger partial charge in [0.25, 0.3) is 0 Å². The summed E-state index contributed by atoms with van der Waals surface area (Å²) in [5.41, 5.74) is 7.81. The number of hydrogen-bond acceptors (Lipinski definition) is 4. The van der Waals surface area contributed by atoms with Crippen LogP contribution in [-0.2, 0) is 9.59 Å². The van der Waals surface area contributed by atoms with E-state index in [0.29, 0.717) is 18.4 Å². The summed E-state index contributed by atoms with van der Waals surface area (Å²) in [6.07, 6.45) is 12.6. The molecule has 1 aromatic heterocycles. The number of rotatable bonds is 5. The van der Waals surface area contributed by atoms with Crippen molar-refractivity contribution >= 4 is 28.4 Å². The number of carbonyl (C=O) groups is 2. The number of anilines is 1. The lowest BCUT2D eigenvalue weighted by Crippen LogP contribution is -2.50. The first kappa shape index (κ1) is 24.2. The second-order valence-corrected chi connectivity index (χ2v) is 11.2. The molecular weight excluding hydrogens is 436 g/mol. The Hall–Kier alpha value is -2.47. The molecule has 0 bridgehead atoms. The van der Waals surface area contributed by atoms with Crippen LogP contribution < -0.4 is 11.1 Å². The Kier molecular flexibility index (Phi) is 7.37. The van der Waals surface area contributed by atoms with Gasteiger partial charge in [-0.25, -0.2) is 0 Å². The van der Waals surface area contributed by atoms with Crippen molar-refractivity contribution in [2.45, 2.75) is 83.2 Å². The fraction of sp³-hybridized carbons (Fsp3) is 0.621. The van der Waals surface area contributed by atoms with Crippen molar-refractivity contribution < 1.29 is 9.59 Å². The van der Waals surface area contributed by atoms with Gasteiger partial charge in [-0.15, -0.1) is 0 Å². The van der Waals surface area contributed by atoms with Gasteiger partial charge in [0.2, 0.25) is 11.8 Å². The van der Waals surface area contributed by atoms with Gasteiger partial charge in [0.1, 0.15) is 6.04 Å². The molecule has 1 unspecified atom stereocenters. The highest BCUT2D eigenvalue weighted by atomic mass is 16.2. The lowest BCUT2D eigenvalue weighted by molar-refractivity contribution is -0.142. The van der Waals surface area contributed by atoms with E-state index >= 15 is 0 Å². The van der Waals surface area contributed by atoms with Crippen LogP contribution in [0.3, 0.4) is 0 Å². The quantitative estimate of drug-likeness (QED) is 0.627. The monoisotopic (exact) mass is 476 g/mol. The van der Waals surface area contributed by atoms with E-state index in [1.807, 2.05) is 35.2 Å². The number of aromatic nitrogens is 1. The number of carbonyl (C=O) groups excluding carboxylic acids is 2. The van der Waals surface area contributed by atoms with E-state index in [2.05, 4.69) is 17.2 Å².